The maximum absolute atomic E-state index is 7.19. The van der Waals surface area contributed by atoms with Gasteiger partial charge in [-0.2, -0.15) is 0 Å². The van der Waals surface area contributed by atoms with Gasteiger partial charge in [0.25, 0.3) is 5.82 Å². The van der Waals surface area contributed by atoms with Crippen LogP contribution in [0.5, 0.6) is 0 Å². The Morgan fingerprint density at radius 1 is 0.966 bits per heavy atom. The first-order chi connectivity index (χ1) is 14.3. The minimum atomic E-state index is 0.392. The predicted molar refractivity (Wildman–Crippen MR) is 110 cm³/mol. The van der Waals surface area contributed by atoms with E-state index in [1.165, 1.54) is 5.56 Å². The van der Waals surface area contributed by atoms with Gasteiger partial charge >= 0.3 is 0 Å². The highest BCUT2D eigenvalue weighted by Gasteiger charge is 2.21. The Morgan fingerprint density at radius 2 is 1.83 bits per heavy atom. The third-order valence-corrected chi connectivity index (χ3v) is 5.20. The monoisotopic (exact) mass is 382 g/mol. The molecule has 2 aliphatic rings. The minimum Gasteiger partial charge on any atom is -0.378 e. The van der Waals surface area contributed by atoms with Crippen molar-refractivity contribution in [2.75, 3.05) is 31.2 Å². The molecule has 0 amide bonds. The van der Waals surface area contributed by atoms with Crippen molar-refractivity contribution in [1.82, 2.24) is 15.0 Å². The highest BCUT2D eigenvalue weighted by Crippen LogP contribution is 2.30. The summed E-state index contributed by atoms with van der Waals surface area (Å²) in [6.07, 6.45) is 3.28. The number of aromatic nitrogens is 3. The maximum atomic E-state index is 7.19. The molecule has 0 atom stereocenters. The zero-order valence-corrected chi connectivity index (χ0v) is 15.7. The second-order valence-corrected chi connectivity index (χ2v) is 6.91. The zero-order chi connectivity index (χ0) is 19.6. The summed E-state index contributed by atoms with van der Waals surface area (Å²) in [6.45, 7) is 10.9. The van der Waals surface area contributed by atoms with Gasteiger partial charge in [-0.05, 0) is 34.9 Å². The third-order valence-electron chi connectivity index (χ3n) is 5.20. The average Bonchev–Trinajstić information content (AvgIpc) is 3.23. The van der Waals surface area contributed by atoms with Crippen LogP contribution in [0.2, 0.25) is 0 Å². The molecule has 1 fully saturated rings. The Labute approximate surface area is 168 Å². The van der Waals surface area contributed by atoms with Gasteiger partial charge in [-0.1, -0.05) is 18.7 Å². The van der Waals surface area contributed by atoms with Crippen LogP contribution >= 0.6 is 0 Å². The van der Waals surface area contributed by atoms with Gasteiger partial charge in [0.05, 0.1) is 31.2 Å². The zero-order valence-electron chi connectivity index (χ0n) is 15.7. The summed E-state index contributed by atoms with van der Waals surface area (Å²) in [5, 5.41) is 0. The highest BCUT2D eigenvalue weighted by molar-refractivity contribution is 6.14. The number of pyridine rings is 1. The van der Waals surface area contributed by atoms with Crippen molar-refractivity contribution in [2.45, 2.75) is 6.54 Å². The number of morpholine rings is 1. The normalized spacial score (nSPS) is 15.6. The fraction of sp³-hybridized carbons (Fsp3) is 0.227. The molecule has 0 bridgehead atoms. The van der Waals surface area contributed by atoms with E-state index in [1.807, 2.05) is 18.2 Å². The van der Waals surface area contributed by atoms with Crippen molar-refractivity contribution in [3.05, 3.63) is 77.2 Å². The molecule has 3 aromatic rings. The summed E-state index contributed by atoms with van der Waals surface area (Å²) >= 11 is 0. The molecule has 1 saturated heterocycles. The molecule has 0 spiro atoms. The van der Waals surface area contributed by atoms with Gasteiger partial charge in [0.1, 0.15) is 18.3 Å². The number of aliphatic imine (C=N–C) groups is 1. The van der Waals surface area contributed by atoms with E-state index in [2.05, 4.69) is 42.9 Å². The standard InChI is InChI=1S/C22H18N6O/c1-23-20-11-16(4-5-24-20)15-2-3-17-13-25-22(18(17)10-15)19-12-21(27-14-26-19)28-6-8-29-9-7-28/h2-5,10-12,14H,6-9,13H2. The number of benzene rings is 1. The second kappa shape index (κ2) is 7.41. The van der Waals surface area contributed by atoms with Gasteiger partial charge in [0, 0.05) is 24.7 Å². The predicted octanol–water partition coefficient (Wildman–Crippen LogP) is 3.28. The van der Waals surface area contributed by atoms with Crippen LogP contribution in [0, 0.1) is 6.57 Å². The number of hydrogen-bond acceptors (Lipinski definition) is 6. The smallest absolute Gasteiger partial charge is 0.270 e. The summed E-state index contributed by atoms with van der Waals surface area (Å²) in [6, 6.07) is 12.0. The van der Waals surface area contributed by atoms with E-state index < -0.39 is 0 Å². The molecule has 7 heteroatoms. The van der Waals surface area contributed by atoms with E-state index in [1.54, 1.807) is 12.5 Å². The van der Waals surface area contributed by atoms with Crippen LogP contribution in [0.3, 0.4) is 0 Å². The van der Waals surface area contributed by atoms with Gasteiger partial charge in [0.2, 0.25) is 0 Å². The Hall–Kier alpha value is -3.63. The first kappa shape index (κ1) is 17.5. The van der Waals surface area contributed by atoms with Crippen LogP contribution < -0.4 is 4.90 Å². The van der Waals surface area contributed by atoms with Crippen molar-refractivity contribution in [2.24, 2.45) is 4.99 Å². The lowest BCUT2D eigenvalue weighted by molar-refractivity contribution is 0.122. The fourth-order valence-corrected chi connectivity index (χ4v) is 3.68. The number of anilines is 1. The number of ether oxygens (including phenoxy) is 1. The molecule has 1 aromatic carbocycles. The molecule has 2 aliphatic heterocycles. The Bertz CT molecular complexity index is 1140. The topological polar surface area (TPSA) is 67.9 Å². The summed E-state index contributed by atoms with van der Waals surface area (Å²) in [5.41, 5.74) is 5.97. The first-order valence-electron chi connectivity index (χ1n) is 9.48. The lowest BCUT2D eigenvalue weighted by atomic mass is 9.97. The quantitative estimate of drug-likeness (QED) is 0.651. The molecule has 0 radical (unpaired) electrons. The summed E-state index contributed by atoms with van der Waals surface area (Å²) in [7, 11) is 0. The summed E-state index contributed by atoms with van der Waals surface area (Å²) in [4.78, 5) is 23.4. The van der Waals surface area contributed by atoms with Crippen molar-refractivity contribution < 1.29 is 4.74 Å². The van der Waals surface area contributed by atoms with Crippen LogP contribution in [0.1, 0.15) is 16.8 Å². The molecule has 0 saturated carbocycles. The number of fused-ring (bicyclic) bond motifs is 1. The van der Waals surface area contributed by atoms with Crippen LogP contribution in [-0.2, 0) is 11.3 Å². The van der Waals surface area contributed by atoms with E-state index >= 15 is 0 Å². The third kappa shape index (κ3) is 3.35. The lowest BCUT2D eigenvalue weighted by Crippen LogP contribution is -2.36. The van der Waals surface area contributed by atoms with E-state index in [4.69, 9.17) is 16.3 Å². The molecule has 142 valence electrons. The van der Waals surface area contributed by atoms with Gasteiger partial charge < -0.3 is 14.5 Å². The van der Waals surface area contributed by atoms with Gasteiger partial charge in [-0.25, -0.2) is 9.97 Å². The van der Waals surface area contributed by atoms with Crippen LogP contribution in [-0.4, -0.2) is 47.0 Å². The average molecular weight is 382 g/mol. The Morgan fingerprint density at radius 3 is 2.69 bits per heavy atom. The molecule has 29 heavy (non-hydrogen) atoms. The summed E-state index contributed by atoms with van der Waals surface area (Å²) in [5.74, 6) is 1.30. The van der Waals surface area contributed by atoms with Crippen molar-refractivity contribution in [3.8, 4) is 11.1 Å². The van der Waals surface area contributed by atoms with Crippen molar-refractivity contribution in [3.63, 3.8) is 0 Å². The number of rotatable bonds is 3. The molecular formula is C22H18N6O. The Kier molecular flexibility index (Phi) is 4.47. The summed E-state index contributed by atoms with van der Waals surface area (Å²) < 4.78 is 5.44. The second-order valence-electron chi connectivity index (χ2n) is 6.91. The first-order valence-corrected chi connectivity index (χ1v) is 9.48. The largest absolute Gasteiger partial charge is 0.378 e. The van der Waals surface area contributed by atoms with Crippen molar-refractivity contribution >= 4 is 17.3 Å². The lowest BCUT2D eigenvalue weighted by Gasteiger charge is -2.27. The molecule has 7 nitrogen and oxygen atoms in total. The van der Waals surface area contributed by atoms with Gasteiger partial charge in [-0.3, -0.25) is 4.99 Å². The van der Waals surface area contributed by atoms with Crippen LogP contribution in [0.4, 0.5) is 11.6 Å². The highest BCUT2D eigenvalue weighted by atomic mass is 16.5. The number of nitrogens with zero attached hydrogens (tertiary/aromatic N) is 6. The number of hydrogen-bond donors (Lipinski definition) is 0. The van der Waals surface area contributed by atoms with Gasteiger partial charge in [-0.15, -0.1) is 4.98 Å². The molecule has 0 N–H and O–H groups in total. The minimum absolute atomic E-state index is 0.392. The molecule has 0 unspecified atom stereocenters. The van der Waals surface area contributed by atoms with E-state index in [9.17, 15) is 0 Å². The fourth-order valence-electron chi connectivity index (χ4n) is 3.68. The van der Waals surface area contributed by atoms with Crippen molar-refractivity contribution in [1.29, 1.82) is 0 Å². The van der Waals surface area contributed by atoms with E-state index in [-0.39, 0.29) is 0 Å². The van der Waals surface area contributed by atoms with Gasteiger partial charge in [0.15, 0.2) is 0 Å². The van der Waals surface area contributed by atoms with Crippen LogP contribution in [0.15, 0.2) is 53.9 Å². The molecular weight excluding hydrogens is 364 g/mol. The van der Waals surface area contributed by atoms with Crippen LogP contribution in [0.25, 0.3) is 16.0 Å². The SMILES string of the molecule is [C-]#[N+]c1cc(-c2ccc3c(c2)C(c2cc(N4CCOCC4)ncn2)=NC3)ccn1. The molecule has 2 aromatic heterocycles. The molecule has 5 rings (SSSR count). The molecule has 0 aliphatic carbocycles. The maximum Gasteiger partial charge on any atom is 0.270 e. The Balaban J connectivity index is 1.50. The molecule has 4 heterocycles. The van der Waals surface area contributed by atoms with E-state index in [0.717, 1.165) is 47.0 Å². The van der Waals surface area contributed by atoms with E-state index in [0.29, 0.717) is 25.6 Å².